The molecule has 3 aromatic heterocycles. The van der Waals surface area contributed by atoms with Crippen molar-refractivity contribution in [1.82, 2.24) is 24.7 Å². The molecule has 1 fully saturated rings. The van der Waals surface area contributed by atoms with Crippen molar-refractivity contribution in [3.63, 3.8) is 0 Å². The molecule has 0 spiro atoms. The van der Waals surface area contributed by atoms with Gasteiger partial charge in [0.15, 0.2) is 11.6 Å². The van der Waals surface area contributed by atoms with Gasteiger partial charge in [-0.1, -0.05) is 0 Å². The van der Waals surface area contributed by atoms with Crippen molar-refractivity contribution in [2.45, 2.75) is 12.5 Å². The van der Waals surface area contributed by atoms with E-state index in [-0.39, 0.29) is 12.1 Å². The van der Waals surface area contributed by atoms with Crippen LogP contribution >= 0.6 is 0 Å². The number of aryl methyl sites for hydroxylation is 1. The Balaban J connectivity index is 1.54. The Morgan fingerprint density at radius 3 is 2.93 bits per heavy atom. The summed E-state index contributed by atoms with van der Waals surface area (Å²) in [5, 5.41) is 7.26. The van der Waals surface area contributed by atoms with Gasteiger partial charge >= 0.3 is 6.03 Å². The maximum Gasteiger partial charge on any atom is 0.329 e. The standard InChI is InChI=1S/C18H18N8O/c1-24-8-5-14(23-24)13-2-3-15-17(21-13)26(12-4-9-25(15)11-12)18(27)22-16-10-19-6-7-20-16/h2-3,5-8,10,12H,4,9,11H2,1H3,(H,20,22,27)/t12-/m0/s1. The number of fused-ring (bicyclic) bond motifs is 4. The summed E-state index contributed by atoms with van der Waals surface area (Å²) in [7, 11) is 1.87. The zero-order valence-electron chi connectivity index (χ0n) is 14.8. The summed E-state index contributed by atoms with van der Waals surface area (Å²) in [4.78, 5) is 30.0. The molecular weight excluding hydrogens is 344 g/mol. The van der Waals surface area contributed by atoms with Crippen LogP contribution in [0.1, 0.15) is 6.42 Å². The Bertz CT molecular complexity index is 1000. The number of anilines is 3. The van der Waals surface area contributed by atoms with E-state index in [9.17, 15) is 4.79 Å². The van der Waals surface area contributed by atoms with Gasteiger partial charge in [-0.15, -0.1) is 0 Å². The van der Waals surface area contributed by atoms with Crippen molar-refractivity contribution >= 4 is 23.4 Å². The van der Waals surface area contributed by atoms with Gasteiger partial charge in [-0.25, -0.2) is 14.8 Å². The van der Waals surface area contributed by atoms with Crippen molar-refractivity contribution in [3.8, 4) is 11.4 Å². The fourth-order valence-corrected chi connectivity index (χ4v) is 3.70. The average molecular weight is 362 g/mol. The van der Waals surface area contributed by atoms with Gasteiger partial charge in [0, 0.05) is 38.7 Å². The zero-order valence-corrected chi connectivity index (χ0v) is 14.8. The first-order chi connectivity index (χ1) is 13.2. The molecule has 0 saturated carbocycles. The van der Waals surface area contributed by atoms with E-state index in [1.54, 1.807) is 22.0 Å². The second kappa shape index (κ2) is 6.04. The molecule has 2 bridgehead atoms. The first-order valence-corrected chi connectivity index (χ1v) is 8.81. The van der Waals surface area contributed by atoms with Crippen molar-refractivity contribution in [3.05, 3.63) is 43.0 Å². The molecule has 1 saturated heterocycles. The molecular formula is C18H18N8O. The average Bonchev–Trinajstić information content (AvgIpc) is 3.30. The molecule has 1 atom stereocenters. The van der Waals surface area contributed by atoms with E-state index >= 15 is 0 Å². The highest BCUT2D eigenvalue weighted by atomic mass is 16.2. The first kappa shape index (κ1) is 15.7. The van der Waals surface area contributed by atoms with Crippen LogP contribution in [0.15, 0.2) is 43.0 Å². The minimum Gasteiger partial charge on any atom is -0.366 e. The molecule has 9 heteroatoms. The van der Waals surface area contributed by atoms with Gasteiger partial charge in [0.25, 0.3) is 0 Å². The number of hydrogen-bond donors (Lipinski definition) is 1. The Hall–Kier alpha value is -3.49. The van der Waals surface area contributed by atoms with Crippen LogP contribution in [0.3, 0.4) is 0 Å². The first-order valence-electron chi connectivity index (χ1n) is 8.81. The zero-order chi connectivity index (χ0) is 18.4. The lowest BCUT2D eigenvalue weighted by Gasteiger charge is -2.35. The van der Waals surface area contributed by atoms with E-state index in [0.29, 0.717) is 11.6 Å². The lowest BCUT2D eigenvalue weighted by atomic mass is 10.1. The van der Waals surface area contributed by atoms with Crippen LogP contribution in [0.5, 0.6) is 0 Å². The quantitative estimate of drug-likeness (QED) is 0.749. The number of carbonyl (C=O) groups is 1. The number of carbonyl (C=O) groups excluding carboxylic acids is 1. The highest BCUT2D eigenvalue weighted by molar-refractivity contribution is 6.04. The van der Waals surface area contributed by atoms with E-state index in [1.807, 2.05) is 31.4 Å². The second-order valence-corrected chi connectivity index (χ2v) is 6.69. The van der Waals surface area contributed by atoms with Crippen molar-refractivity contribution in [2.75, 3.05) is 28.2 Å². The molecule has 0 radical (unpaired) electrons. The van der Waals surface area contributed by atoms with E-state index in [4.69, 9.17) is 4.98 Å². The molecule has 1 N–H and O–H groups in total. The second-order valence-electron chi connectivity index (χ2n) is 6.69. The fraction of sp³-hybridized carbons (Fsp3) is 0.278. The molecule has 9 nitrogen and oxygen atoms in total. The summed E-state index contributed by atoms with van der Waals surface area (Å²) in [6.45, 7) is 1.72. The number of rotatable bonds is 2. The SMILES string of the molecule is Cn1ccc(-c2ccc3c(n2)N(C(=O)Nc2cnccn2)[C@H]2CCN3C2)n1. The molecule has 0 aliphatic carbocycles. The van der Waals surface area contributed by atoms with E-state index in [1.165, 1.54) is 6.20 Å². The van der Waals surface area contributed by atoms with Crippen LogP contribution in [-0.4, -0.2) is 49.9 Å². The lowest BCUT2D eigenvalue weighted by molar-refractivity contribution is 0.254. The third kappa shape index (κ3) is 2.67. The summed E-state index contributed by atoms with van der Waals surface area (Å²) >= 11 is 0. The number of nitrogens with zero attached hydrogens (tertiary/aromatic N) is 7. The highest BCUT2D eigenvalue weighted by Gasteiger charge is 2.40. The number of aromatic nitrogens is 5. The molecule has 2 aliphatic rings. The van der Waals surface area contributed by atoms with Gasteiger partial charge in [0.2, 0.25) is 0 Å². The topological polar surface area (TPSA) is 92.1 Å². The third-order valence-electron chi connectivity index (χ3n) is 4.94. The predicted octanol–water partition coefficient (Wildman–Crippen LogP) is 1.90. The van der Waals surface area contributed by atoms with Crippen LogP contribution < -0.4 is 15.1 Å². The number of urea groups is 1. The number of hydrogen-bond acceptors (Lipinski definition) is 6. The summed E-state index contributed by atoms with van der Waals surface area (Å²) < 4.78 is 1.74. The molecule has 5 heterocycles. The predicted molar refractivity (Wildman–Crippen MR) is 101 cm³/mol. The van der Waals surface area contributed by atoms with Gasteiger partial charge in [0.1, 0.15) is 5.69 Å². The molecule has 3 aromatic rings. The van der Waals surface area contributed by atoms with Crippen molar-refractivity contribution in [1.29, 1.82) is 0 Å². The highest BCUT2D eigenvalue weighted by Crippen LogP contribution is 2.40. The Morgan fingerprint density at radius 2 is 2.15 bits per heavy atom. The summed E-state index contributed by atoms with van der Waals surface area (Å²) in [6, 6.07) is 5.74. The molecule has 5 rings (SSSR count). The Kier molecular flexibility index (Phi) is 3.52. The maximum atomic E-state index is 13.0. The molecule has 27 heavy (non-hydrogen) atoms. The lowest BCUT2D eigenvalue weighted by Crippen LogP contribution is -2.48. The number of nitrogens with one attached hydrogen (secondary N) is 1. The molecule has 136 valence electrons. The third-order valence-corrected chi connectivity index (χ3v) is 4.94. The largest absolute Gasteiger partial charge is 0.366 e. The Labute approximate surface area is 155 Å². The Morgan fingerprint density at radius 1 is 1.22 bits per heavy atom. The molecule has 2 amide bonds. The number of amides is 2. The van der Waals surface area contributed by atoms with E-state index < -0.39 is 0 Å². The van der Waals surface area contributed by atoms with Crippen LogP contribution in [0.25, 0.3) is 11.4 Å². The van der Waals surface area contributed by atoms with Gasteiger partial charge in [0.05, 0.1) is 23.6 Å². The maximum absolute atomic E-state index is 13.0. The van der Waals surface area contributed by atoms with Crippen LogP contribution in [0.4, 0.5) is 22.1 Å². The minimum absolute atomic E-state index is 0.0839. The monoisotopic (exact) mass is 362 g/mol. The summed E-state index contributed by atoms with van der Waals surface area (Å²) in [5.74, 6) is 1.08. The summed E-state index contributed by atoms with van der Waals surface area (Å²) in [5.41, 5.74) is 2.49. The van der Waals surface area contributed by atoms with Crippen LogP contribution in [0.2, 0.25) is 0 Å². The smallest absolute Gasteiger partial charge is 0.329 e. The normalized spacial score (nSPS) is 17.7. The van der Waals surface area contributed by atoms with Gasteiger partial charge in [-0.3, -0.25) is 19.9 Å². The number of pyridine rings is 1. The van der Waals surface area contributed by atoms with Gasteiger partial charge in [-0.2, -0.15) is 5.10 Å². The fourth-order valence-electron chi connectivity index (χ4n) is 3.70. The minimum atomic E-state index is -0.242. The van der Waals surface area contributed by atoms with Crippen LogP contribution in [0, 0.1) is 0 Å². The molecule has 0 unspecified atom stereocenters. The van der Waals surface area contributed by atoms with Gasteiger partial charge < -0.3 is 4.90 Å². The van der Waals surface area contributed by atoms with E-state index in [2.05, 4.69) is 25.3 Å². The van der Waals surface area contributed by atoms with E-state index in [0.717, 1.165) is 36.6 Å². The van der Waals surface area contributed by atoms with Crippen molar-refractivity contribution < 1.29 is 4.79 Å². The van der Waals surface area contributed by atoms with Gasteiger partial charge in [-0.05, 0) is 24.6 Å². The van der Waals surface area contributed by atoms with Crippen molar-refractivity contribution in [2.24, 2.45) is 7.05 Å². The molecule has 0 aromatic carbocycles. The molecule has 2 aliphatic heterocycles. The van der Waals surface area contributed by atoms with Crippen LogP contribution in [-0.2, 0) is 7.05 Å². The summed E-state index contributed by atoms with van der Waals surface area (Å²) in [6.07, 6.45) is 7.43.